The smallest absolute Gasteiger partial charge is 0.238 e. The van der Waals surface area contributed by atoms with Gasteiger partial charge in [-0.05, 0) is 38.1 Å². The number of rotatable bonds is 3. The largest absolute Gasteiger partial charge is 0.323 e. The Morgan fingerprint density at radius 3 is 2.50 bits per heavy atom. The van der Waals surface area contributed by atoms with E-state index in [4.69, 9.17) is 11.6 Å². The molecule has 1 heterocycles. The second-order valence-electron chi connectivity index (χ2n) is 5.57. The maximum absolute atomic E-state index is 12.1. The summed E-state index contributed by atoms with van der Waals surface area (Å²) in [7, 11) is 2.10. The van der Waals surface area contributed by atoms with Crippen LogP contribution in [-0.2, 0) is 4.79 Å². The minimum Gasteiger partial charge on any atom is -0.323 e. The Morgan fingerprint density at radius 2 is 1.90 bits per heavy atom. The second-order valence-corrected chi connectivity index (χ2v) is 5.97. The topological polar surface area (TPSA) is 35.6 Å². The molecule has 0 bridgehead atoms. The molecule has 0 saturated carbocycles. The molecule has 1 aliphatic heterocycles. The molecule has 110 valence electrons. The van der Waals surface area contributed by atoms with Gasteiger partial charge in [-0.15, -0.1) is 0 Å². The molecule has 0 aliphatic carbocycles. The van der Waals surface area contributed by atoms with E-state index in [0.717, 1.165) is 43.0 Å². The van der Waals surface area contributed by atoms with Gasteiger partial charge in [0.2, 0.25) is 5.91 Å². The number of hydrogen-bond donors (Lipinski definition) is 1. The first-order chi connectivity index (χ1) is 9.45. The fourth-order valence-corrected chi connectivity index (χ4v) is 2.83. The number of halogens is 1. The lowest BCUT2D eigenvalue weighted by Gasteiger charge is -2.31. The summed E-state index contributed by atoms with van der Waals surface area (Å²) in [5.41, 5.74) is 2.84. The standard InChI is InChI=1S/C15H22ClN3O/c1-11-8-12(2)15(13(16)9-11)17-14(20)10-19-6-4-18(3)5-7-19/h8-9H,4-7,10H2,1-3H3,(H,17,20). The Hall–Kier alpha value is -1.10. The van der Waals surface area contributed by atoms with Crippen molar-refractivity contribution in [1.82, 2.24) is 9.80 Å². The molecule has 1 aromatic carbocycles. The van der Waals surface area contributed by atoms with Crippen molar-refractivity contribution in [3.63, 3.8) is 0 Å². The molecule has 1 fully saturated rings. The lowest BCUT2D eigenvalue weighted by molar-refractivity contribution is -0.117. The van der Waals surface area contributed by atoms with Crippen LogP contribution in [0.4, 0.5) is 5.69 Å². The van der Waals surface area contributed by atoms with E-state index < -0.39 is 0 Å². The average molecular weight is 296 g/mol. The van der Waals surface area contributed by atoms with Crippen molar-refractivity contribution in [2.24, 2.45) is 0 Å². The SMILES string of the molecule is Cc1cc(C)c(NC(=O)CN2CCN(C)CC2)c(Cl)c1. The highest BCUT2D eigenvalue weighted by Gasteiger charge is 2.17. The van der Waals surface area contributed by atoms with E-state index in [-0.39, 0.29) is 5.91 Å². The predicted molar refractivity (Wildman–Crippen MR) is 83.5 cm³/mol. The maximum Gasteiger partial charge on any atom is 0.238 e. The summed E-state index contributed by atoms with van der Waals surface area (Å²) in [6.45, 7) is 8.28. The van der Waals surface area contributed by atoms with Crippen LogP contribution in [0.25, 0.3) is 0 Å². The van der Waals surface area contributed by atoms with Crippen molar-refractivity contribution < 1.29 is 4.79 Å². The molecular weight excluding hydrogens is 274 g/mol. The van der Waals surface area contributed by atoms with Gasteiger partial charge in [-0.1, -0.05) is 17.7 Å². The van der Waals surface area contributed by atoms with Crippen LogP contribution in [0, 0.1) is 13.8 Å². The van der Waals surface area contributed by atoms with Crippen LogP contribution >= 0.6 is 11.6 Å². The number of piperazine rings is 1. The van der Waals surface area contributed by atoms with Crippen molar-refractivity contribution in [2.75, 3.05) is 45.1 Å². The van der Waals surface area contributed by atoms with Crippen LogP contribution in [0.1, 0.15) is 11.1 Å². The van der Waals surface area contributed by atoms with Crippen LogP contribution in [0.5, 0.6) is 0 Å². The van der Waals surface area contributed by atoms with E-state index in [0.29, 0.717) is 11.6 Å². The number of anilines is 1. The number of nitrogens with one attached hydrogen (secondary N) is 1. The monoisotopic (exact) mass is 295 g/mol. The highest BCUT2D eigenvalue weighted by Crippen LogP contribution is 2.27. The summed E-state index contributed by atoms with van der Waals surface area (Å²) in [6.07, 6.45) is 0. The molecule has 0 unspecified atom stereocenters. The first kappa shape index (κ1) is 15.3. The number of amides is 1. The molecular formula is C15H22ClN3O. The Morgan fingerprint density at radius 1 is 1.25 bits per heavy atom. The van der Waals surface area contributed by atoms with Gasteiger partial charge in [-0.3, -0.25) is 9.69 Å². The predicted octanol–water partition coefficient (Wildman–Crippen LogP) is 2.14. The number of nitrogens with zero attached hydrogens (tertiary/aromatic N) is 2. The summed E-state index contributed by atoms with van der Waals surface area (Å²) >= 11 is 6.21. The third-order valence-electron chi connectivity index (χ3n) is 3.66. The van der Waals surface area contributed by atoms with E-state index in [2.05, 4.69) is 22.2 Å². The van der Waals surface area contributed by atoms with Crippen molar-refractivity contribution in [3.8, 4) is 0 Å². The molecule has 1 N–H and O–H groups in total. The van der Waals surface area contributed by atoms with Gasteiger partial charge in [0.1, 0.15) is 0 Å². The molecule has 1 amide bonds. The highest BCUT2D eigenvalue weighted by molar-refractivity contribution is 6.34. The van der Waals surface area contributed by atoms with Gasteiger partial charge in [0, 0.05) is 26.2 Å². The quantitative estimate of drug-likeness (QED) is 0.928. The minimum atomic E-state index is 0.00315. The van der Waals surface area contributed by atoms with E-state index in [1.54, 1.807) is 0 Å². The summed E-state index contributed by atoms with van der Waals surface area (Å²) in [5, 5.41) is 3.54. The van der Waals surface area contributed by atoms with E-state index in [1.807, 2.05) is 26.0 Å². The van der Waals surface area contributed by atoms with Crippen LogP contribution in [-0.4, -0.2) is 55.5 Å². The summed E-state index contributed by atoms with van der Waals surface area (Å²) < 4.78 is 0. The number of hydrogen-bond acceptors (Lipinski definition) is 3. The van der Waals surface area contributed by atoms with Crippen molar-refractivity contribution in [1.29, 1.82) is 0 Å². The fourth-order valence-electron chi connectivity index (χ4n) is 2.46. The molecule has 1 aromatic rings. The van der Waals surface area contributed by atoms with Gasteiger partial charge in [-0.2, -0.15) is 0 Å². The molecule has 0 aromatic heterocycles. The Labute approximate surface area is 125 Å². The lowest BCUT2D eigenvalue weighted by Crippen LogP contribution is -2.47. The summed E-state index contributed by atoms with van der Waals surface area (Å²) in [4.78, 5) is 16.6. The second kappa shape index (κ2) is 6.57. The Balaban J connectivity index is 1.95. The van der Waals surface area contributed by atoms with Gasteiger partial charge >= 0.3 is 0 Å². The normalized spacial score (nSPS) is 17.2. The molecule has 5 heteroatoms. The number of carbonyl (C=O) groups is 1. The van der Waals surface area contributed by atoms with Crippen molar-refractivity contribution >= 4 is 23.2 Å². The third-order valence-corrected chi connectivity index (χ3v) is 3.96. The maximum atomic E-state index is 12.1. The number of likely N-dealkylation sites (N-methyl/N-ethyl adjacent to an activating group) is 1. The zero-order chi connectivity index (χ0) is 14.7. The van der Waals surface area contributed by atoms with Gasteiger partial charge < -0.3 is 10.2 Å². The van der Waals surface area contributed by atoms with Gasteiger partial charge in [0.15, 0.2) is 0 Å². The van der Waals surface area contributed by atoms with Crippen LogP contribution in [0.3, 0.4) is 0 Å². The van der Waals surface area contributed by atoms with E-state index in [1.165, 1.54) is 0 Å². The average Bonchev–Trinajstić information content (AvgIpc) is 2.36. The molecule has 1 saturated heterocycles. The first-order valence-electron chi connectivity index (χ1n) is 6.93. The molecule has 0 atom stereocenters. The van der Waals surface area contributed by atoms with E-state index >= 15 is 0 Å². The highest BCUT2D eigenvalue weighted by atomic mass is 35.5. The molecule has 1 aliphatic rings. The molecule has 20 heavy (non-hydrogen) atoms. The van der Waals surface area contributed by atoms with Crippen LogP contribution in [0.2, 0.25) is 5.02 Å². The van der Waals surface area contributed by atoms with Gasteiger partial charge in [-0.25, -0.2) is 0 Å². The number of benzene rings is 1. The molecule has 0 radical (unpaired) electrons. The molecule has 0 spiro atoms. The van der Waals surface area contributed by atoms with Crippen LogP contribution < -0.4 is 5.32 Å². The molecule has 2 rings (SSSR count). The zero-order valence-electron chi connectivity index (χ0n) is 12.4. The third kappa shape index (κ3) is 3.95. The fraction of sp³-hybridized carbons (Fsp3) is 0.533. The minimum absolute atomic E-state index is 0.00315. The Bertz CT molecular complexity index is 473. The number of carbonyl (C=O) groups excluding carboxylic acids is 1. The van der Waals surface area contributed by atoms with Crippen molar-refractivity contribution in [3.05, 3.63) is 28.3 Å². The Kier molecular flexibility index (Phi) is 5.02. The van der Waals surface area contributed by atoms with E-state index in [9.17, 15) is 4.79 Å². The zero-order valence-corrected chi connectivity index (χ0v) is 13.1. The summed E-state index contributed by atoms with van der Waals surface area (Å²) in [5.74, 6) is 0.00315. The van der Waals surface area contributed by atoms with Gasteiger partial charge in [0.25, 0.3) is 0 Å². The van der Waals surface area contributed by atoms with Gasteiger partial charge in [0.05, 0.1) is 17.3 Å². The number of aryl methyl sites for hydroxylation is 2. The van der Waals surface area contributed by atoms with Crippen LogP contribution in [0.15, 0.2) is 12.1 Å². The lowest BCUT2D eigenvalue weighted by atomic mass is 10.1. The first-order valence-corrected chi connectivity index (χ1v) is 7.31. The summed E-state index contributed by atoms with van der Waals surface area (Å²) in [6, 6.07) is 3.90. The van der Waals surface area contributed by atoms with Crippen molar-refractivity contribution in [2.45, 2.75) is 13.8 Å². The molecule has 4 nitrogen and oxygen atoms in total.